The van der Waals surface area contributed by atoms with E-state index in [-0.39, 0.29) is 4.47 Å². The van der Waals surface area contributed by atoms with E-state index in [1.54, 1.807) is 0 Å². The van der Waals surface area contributed by atoms with Crippen LogP contribution in [0.5, 0.6) is 5.75 Å². The van der Waals surface area contributed by atoms with Gasteiger partial charge in [0.05, 0.1) is 11.0 Å². The molecule has 0 aliphatic carbocycles. The van der Waals surface area contributed by atoms with Gasteiger partial charge in [-0.15, -0.1) is 0 Å². The number of aromatic hydroxyl groups is 1. The monoisotopic (exact) mass is 265 g/mol. The van der Waals surface area contributed by atoms with Crippen LogP contribution in [0.25, 0.3) is 0 Å². The van der Waals surface area contributed by atoms with Gasteiger partial charge in [0, 0.05) is 0 Å². The van der Waals surface area contributed by atoms with Crippen LogP contribution in [0, 0.1) is 11.6 Å². The van der Waals surface area contributed by atoms with Gasteiger partial charge in [0.2, 0.25) is 0 Å². The molecule has 3 N–H and O–H groups in total. The molecule has 0 aliphatic heterocycles. The minimum absolute atomic E-state index is 0.0896. The van der Waals surface area contributed by atoms with Crippen LogP contribution in [0.1, 0.15) is 10.4 Å². The van der Waals surface area contributed by atoms with Crippen LogP contribution in [-0.4, -0.2) is 17.4 Å². The topological polar surface area (TPSA) is 63.3 Å². The first-order valence-corrected chi connectivity index (χ1v) is 4.38. The fraction of sp³-hybridized carbons (Fsp3) is 0.125. The van der Waals surface area contributed by atoms with E-state index >= 15 is 0 Å². The Morgan fingerprint density at radius 1 is 1.57 bits per heavy atom. The van der Waals surface area contributed by atoms with Crippen LogP contribution >= 0.6 is 15.9 Å². The van der Waals surface area contributed by atoms with E-state index in [0.717, 1.165) is 6.07 Å². The Morgan fingerprint density at radius 3 is 2.64 bits per heavy atom. The molecule has 0 heterocycles. The quantitative estimate of drug-likeness (QED) is 0.631. The first-order valence-electron chi connectivity index (χ1n) is 3.58. The second-order valence-electron chi connectivity index (χ2n) is 2.51. The Morgan fingerprint density at radius 2 is 2.14 bits per heavy atom. The average molecular weight is 266 g/mol. The summed E-state index contributed by atoms with van der Waals surface area (Å²) in [5.41, 5.74) is 4.25. The van der Waals surface area contributed by atoms with Gasteiger partial charge in [-0.1, -0.05) is 0 Å². The number of carbonyl (C=O) groups excluding carboxylic acids is 1. The second kappa shape index (κ2) is 4.02. The van der Waals surface area contributed by atoms with Gasteiger partial charge in [-0.3, -0.25) is 4.79 Å². The predicted octanol–water partition coefficient (Wildman–Crippen LogP) is 1.57. The Balaban J connectivity index is 3.47. The van der Waals surface area contributed by atoms with E-state index in [9.17, 15) is 18.7 Å². The maximum absolute atomic E-state index is 13.0. The zero-order valence-corrected chi connectivity index (χ0v) is 8.44. The van der Waals surface area contributed by atoms with Gasteiger partial charge in [-0.25, -0.2) is 8.78 Å². The van der Waals surface area contributed by atoms with Crippen molar-refractivity contribution in [2.45, 2.75) is 0 Å². The van der Waals surface area contributed by atoms with E-state index in [4.69, 9.17) is 5.73 Å². The lowest BCUT2D eigenvalue weighted by molar-refractivity contribution is 0.0993. The maximum Gasteiger partial charge on any atom is 0.183 e. The lowest BCUT2D eigenvalue weighted by Gasteiger charge is -2.06. The van der Waals surface area contributed by atoms with E-state index in [0.29, 0.717) is 0 Å². The van der Waals surface area contributed by atoms with E-state index in [2.05, 4.69) is 15.9 Å². The molecule has 0 bridgehead atoms. The van der Waals surface area contributed by atoms with Crippen LogP contribution in [0.3, 0.4) is 0 Å². The van der Waals surface area contributed by atoms with Gasteiger partial charge in [-0.05, 0) is 22.0 Å². The van der Waals surface area contributed by atoms with Crippen molar-refractivity contribution in [3.8, 4) is 5.75 Å². The molecule has 0 saturated carbocycles. The number of rotatable bonds is 2. The molecular weight excluding hydrogens is 260 g/mol. The third kappa shape index (κ3) is 1.76. The Hall–Kier alpha value is -1.01. The lowest BCUT2D eigenvalue weighted by Crippen LogP contribution is -2.16. The van der Waals surface area contributed by atoms with Crippen LogP contribution in [-0.2, 0) is 0 Å². The summed E-state index contributed by atoms with van der Waals surface area (Å²) < 4.78 is 25.8. The molecule has 1 aromatic rings. The summed E-state index contributed by atoms with van der Waals surface area (Å²) in [4.78, 5) is 11.0. The van der Waals surface area contributed by atoms with Crippen molar-refractivity contribution in [2.24, 2.45) is 5.73 Å². The summed E-state index contributed by atoms with van der Waals surface area (Å²) in [5, 5.41) is 9.27. The van der Waals surface area contributed by atoms with E-state index in [1.165, 1.54) is 0 Å². The molecule has 0 fully saturated rings. The number of phenols is 1. The Bertz CT molecular complexity index is 369. The van der Waals surface area contributed by atoms with Crippen molar-refractivity contribution in [1.29, 1.82) is 0 Å². The highest BCUT2D eigenvalue weighted by molar-refractivity contribution is 9.10. The molecule has 0 aliphatic rings. The number of halogens is 3. The molecule has 0 radical (unpaired) electrons. The summed E-state index contributed by atoms with van der Waals surface area (Å²) in [6, 6.07) is 0.734. The summed E-state index contributed by atoms with van der Waals surface area (Å²) in [6.45, 7) is -0.500. The van der Waals surface area contributed by atoms with Crippen LogP contribution in [0.2, 0.25) is 0 Å². The zero-order chi connectivity index (χ0) is 10.9. The van der Waals surface area contributed by atoms with Crippen LogP contribution < -0.4 is 5.73 Å². The fourth-order valence-electron chi connectivity index (χ4n) is 0.942. The molecule has 3 nitrogen and oxygen atoms in total. The van der Waals surface area contributed by atoms with Gasteiger partial charge < -0.3 is 10.8 Å². The minimum Gasteiger partial charge on any atom is -0.506 e. The molecule has 6 heteroatoms. The Kier molecular flexibility index (Phi) is 3.17. The van der Waals surface area contributed by atoms with Gasteiger partial charge in [0.1, 0.15) is 11.3 Å². The molecular formula is C8H6BrF2NO2. The van der Waals surface area contributed by atoms with Crippen molar-refractivity contribution in [1.82, 2.24) is 0 Å². The zero-order valence-electron chi connectivity index (χ0n) is 6.85. The number of nitrogens with two attached hydrogens (primary N) is 1. The van der Waals surface area contributed by atoms with E-state index in [1.807, 2.05) is 0 Å². The molecule has 0 saturated heterocycles. The van der Waals surface area contributed by atoms with E-state index < -0.39 is 35.3 Å². The molecule has 1 rings (SSSR count). The molecule has 76 valence electrons. The van der Waals surface area contributed by atoms with Crippen LogP contribution in [0.15, 0.2) is 10.5 Å². The third-order valence-corrected chi connectivity index (χ3v) is 2.21. The summed E-state index contributed by atoms with van der Waals surface area (Å²) >= 11 is 2.78. The van der Waals surface area contributed by atoms with Crippen molar-refractivity contribution in [2.75, 3.05) is 6.54 Å². The molecule has 1 aromatic carbocycles. The molecule has 14 heavy (non-hydrogen) atoms. The standard InChI is InChI=1S/C8H6BrF2NO2/c9-3-1-4(10)7(11)6(8(3)14)5(13)2-12/h1,14H,2,12H2. The number of Topliss-reactive ketones (excluding diaryl/α,β-unsaturated/α-hetero) is 1. The number of hydrogen-bond donors (Lipinski definition) is 2. The molecule has 0 amide bonds. The summed E-state index contributed by atoms with van der Waals surface area (Å²) in [7, 11) is 0. The number of hydrogen-bond acceptors (Lipinski definition) is 3. The second-order valence-corrected chi connectivity index (χ2v) is 3.36. The SMILES string of the molecule is NCC(=O)c1c(O)c(Br)cc(F)c1F. The molecule has 0 spiro atoms. The minimum atomic E-state index is -1.39. The molecule has 0 unspecified atom stereocenters. The third-order valence-electron chi connectivity index (χ3n) is 1.61. The van der Waals surface area contributed by atoms with Gasteiger partial charge >= 0.3 is 0 Å². The van der Waals surface area contributed by atoms with Crippen molar-refractivity contribution in [3.05, 3.63) is 27.7 Å². The predicted molar refractivity (Wildman–Crippen MR) is 49.1 cm³/mol. The molecule has 0 atom stereocenters. The van der Waals surface area contributed by atoms with Crippen LogP contribution in [0.4, 0.5) is 8.78 Å². The van der Waals surface area contributed by atoms with Crippen molar-refractivity contribution in [3.63, 3.8) is 0 Å². The summed E-state index contributed by atoms with van der Waals surface area (Å²) in [6.07, 6.45) is 0. The van der Waals surface area contributed by atoms with Gasteiger partial charge in [-0.2, -0.15) is 0 Å². The van der Waals surface area contributed by atoms with Crippen molar-refractivity contribution < 1.29 is 18.7 Å². The highest BCUT2D eigenvalue weighted by atomic mass is 79.9. The van der Waals surface area contributed by atoms with Gasteiger partial charge in [0.15, 0.2) is 17.4 Å². The fourth-order valence-corrected chi connectivity index (χ4v) is 1.34. The first-order chi connectivity index (χ1) is 6.49. The smallest absolute Gasteiger partial charge is 0.183 e. The average Bonchev–Trinajstić information content (AvgIpc) is 2.15. The normalized spacial score (nSPS) is 10.3. The number of benzene rings is 1. The number of phenolic OH excluding ortho intramolecular Hbond substituents is 1. The largest absolute Gasteiger partial charge is 0.506 e. The first kappa shape index (κ1) is 11.1. The summed E-state index contributed by atoms with van der Waals surface area (Å²) in [5.74, 6) is -4.10. The molecule has 0 aromatic heterocycles. The Labute approximate surface area is 86.7 Å². The highest BCUT2D eigenvalue weighted by Gasteiger charge is 2.21. The highest BCUT2D eigenvalue weighted by Crippen LogP contribution is 2.31. The van der Waals surface area contributed by atoms with Crippen molar-refractivity contribution >= 4 is 21.7 Å². The number of carbonyl (C=O) groups is 1. The maximum atomic E-state index is 13.0. The van der Waals surface area contributed by atoms with Gasteiger partial charge in [0.25, 0.3) is 0 Å². The number of ketones is 1. The lowest BCUT2D eigenvalue weighted by atomic mass is 10.1.